The number of hydrogen-bond donors (Lipinski definition) is 1. The van der Waals surface area contributed by atoms with Crippen molar-refractivity contribution in [3.8, 4) is 0 Å². The minimum atomic E-state index is -0.798. The maximum absolute atomic E-state index is 14.5. The summed E-state index contributed by atoms with van der Waals surface area (Å²) in [7, 11) is 0. The fraction of sp³-hybridized carbons (Fsp3) is 0.346. The molecule has 0 saturated heterocycles. The zero-order valence-electron chi connectivity index (χ0n) is 20.2. The molecular formula is C26H27FN6O3. The van der Waals surface area contributed by atoms with Crippen LogP contribution in [0.4, 0.5) is 16.0 Å². The lowest BCUT2D eigenvalue weighted by Crippen LogP contribution is -2.27. The third-order valence-electron chi connectivity index (χ3n) is 6.44. The zero-order chi connectivity index (χ0) is 25.2. The second-order valence-electron chi connectivity index (χ2n) is 8.92. The van der Waals surface area contributed by atoms with Crippen molar-refractivity contribution in [2.75, 3.05) is 11.9 Å². The summed E-state index contributed by atoms with van der Waals surface area (Å²) >= 11 is 0. The van der Waals surface area contributed by atoms with Crippen LogP contribution in [0.5, 0.6) is 0 Å². The van der Waals surface area contributed by atoms with Crippen molar-refractivity contribution < 1.29 is 13.9 Å². The van der Waals surface area contributed by atoms with Crippen molar-refractivity contribution >= 4 is 28.6 Å². The zero-order valence-corrected chi connectivity index (χ0v) is 20.2. The van der Waals surface area contributed by atoms with Gasteiger partial charge in [0.15, 0.2) is 5.82 Å². The van der Waals surface area contributed by atoms with Gasteiger partial charge in [-0.05, 0) is 50.5 Å². The number of aryl methyl sites for hydroxylation is 1. The third kappa shape index (κ3) is 4.58. The van der Waals surface area contributed by atoms with E-state index in [1.165, 1.54) is 10.6 Å². The van der Waals surface area contributed by atoms with Crippen LogP contribution in [-0.2, 0) is 11.3 Å². The van der Waals surface area contributed by atoms with Crippen LogP contribution in [0.1, 0.15) is 60.4 Å². The smallest absolute Gasteiger partial charge is 0.355 e. The number of rotatable bonds is 7. The minimum Gasteiger partial charge on any atom is -0.461 e. The highest BCUT2D eigenvalue weighted by atomic mass is 19.1. The van der Waals surface area contributed by atoms with Gasteiger partial charge in [0.25, 0.3) is 5.56 Å². The molecule has 0 radical (unpaired) electrons. The molecule has 1 aliphatic rings. The molecule has 0 aliphatic heterocycles. The van der Waals surface area contributed by atoms with E-state index in [4.69, 9.17) is 4.74 Å². The molecule has 1 fully saturated rings. The lowest BCUT2D eigenvalue weighted by atomic mass is 10.2. The van der Waals surface area contributed by atoms with Gasteiger partial charge in [-0.25, -0.2) is 14.2 Å². The Morgan fingerprint density at radius 1 is 1.25 bits per heavy atom. The van der Waals surface area contributed by atoms with Gasteiger partial charge < -0.3 is 14.6 Å². The number of anilines is 2. The van der Waals surface area contributed by atoms with E-state index < -0.39 is 17.3 Å². The van der Waals surface area contributed by atoms with Crippen molar-refractivity contribution in [3.63, 3.8) is 0 Å². The molecule has 4 aromatic rings. The normalized spacial score (nSPS) is 13.9. The van der Waals surface area contributed by atoms with Crippen LogP contribution in [0, 0.1) is 12.7 Å². The molecule has 36 heavy (non-hydrogen) atoms. The molecule has 1 N–H and O–H groups in total. The molecule has 1 saturated carbocycles. The number of fused-ring (bicyclic) bond motifs is 1. The van der Waals surface area contributed by atoms with Crippen molar-refractivity contribution in [2.45, 2.75) is 52.1 Å². The first-order valence-electron chi connectivity index (χ1n) is 12.1. The lowest BCUT2D eigenvalue weighted by Gasteiger charge is -2.17. The minimum absolute atomic E-state index is 0.0890. The number of aromatic nitrogens is 5. The maximum Gasteiger partial charge on any atom is 0.355 e. The number of nitrogens with zero attached hydrogens (tertiary/aromatic N) is 5. The van der Waals surface area contributed by atoms with Crippen LogP contribution >= 0.6 is 0 Å². The van der Waals surface area contributed by atoms with Gasteiger partial charge in [0.05, 0.1) is 18.0 Å². The van der Waals surface area contributed by atoms with Crippen LogP contribution in [0.3, 0.4) is 0 Å². The third-order valence-corrected chi connectivity index (χ3v) is 6.44. The number of pyridine rings is 2. The predicted molar refractivity (Wildman–Crippen MR) is 133 cm³/mol. The molecular weight excluding hydrogens is 463 g/mol. The number of ether oxygens (including phenoxy) is 1. The largest absolute Gasteiger partial charge is 0.461 e. The monoisotopic (exact) mass is 490 g/mol. The van der Waals surface area contributed by atoms with Crippen molar-refractivity contribution in [1.29, 1.82) is 0 Å². The Labute approximate surface area is 207 Å². The fourth-order valence-electron chi connectivity index (χ4n) is 4.78. The average molecular weight is 491 g/mol. The van der Waals surface area contributed by atoms with E-state index in [9.17, 15) is 14.0 Å². The van der Waals surface area contributed by atoms with Gasteiger partial charge in [0.1, 0.15) is 11.3 Å². The molecule has 0 atom stereocenters. The number of hydrogen-bond acceptors (Lipinski definition) is 7. The first kappa shape index (κ1) is 23.7. The number of esters is 1. The molecule has 0 bridgehead atoms. The molecule has 0 aromatic carbocycles. The molecule has 186 valence electrons. The predicted octanol–water partition coefficient (Wildman–Crippen LogP) is 4.52. The Hall–Kier alpha value is -4.08. The molecule has 0 unspecified atom stereocenters. The van der Waals surface area contributed by atoms with Crippen LogP contribution < -0.4 is 10.9 Å². The number of nitrogens with one attached hydrogen (secondary N) is 1. The summed E-state index contributed by atoms with van der Waals surface area (Å²) in [5.74, 6) is -0.990. The highest BCUT2D eigenvalue weighted by molar-refractivity contribution is 5.89. The van der Waals surface area contributed by atoms with Crippen molar-refractivity contribution in [1.82, 2.24) is 24.1 Å². The van der Waals surface area contributed by atoms with Crippen LogP contribution in [0.15, 0.2) is 47.7 Å². The van der Waals surface area contributed by atoms with E-state index in [1.807, 2.05) is 12.1 Å². The number of halogens is 1. The topological polar surface area (TPSA) is 104 Å². The summed E-state index contributed by atoms with van der Waals surface area (Å²) in [6.07, 6.45) is 8.80. The summed E-state index contributed by atoms with van der Waals surface area (Å²) in [6.45, 7) is 4.18. The molecule has 0 spiro atoms. The summed E-state index contributed by atoms with van der Waals surface area (Å²) in [6, 6.07) is 6.55. The Balaban J connectivity index is 1.54. The van der Waals surface area contributed by atoms with Crippen LogP contribution in [-0.4, -0.2) is 36.7 Å². The molecule has 1 aliphatic carbocycles. The summed E-state index contributed by atoms with van der Waals surface area (Å²) in [5.41, 5.74) is 2.16. The van der Waals surface area contributed by atoms with Crippen LogP contribution in [0.25, 0.3) is 11.0 Å². The standard InChI is InChI=1S/C26H27FN6O3/c1-3-36-25(35)22-11-18(15-32(22)14-17-7-6-10-28-13-17)30-26-29-16(2)20-12-21(27)24(34)33(23(20)31-26)19-8-4-5-9-19/h6-7,10-13,15,19H,3-5,8-9,14H2,1-2H3,(H,29,30,31). The number of carbonyl (C=O) groups excluding carboxylic acids is 1. The Bertz CT molecular complexity index is 1470. The molecule has 10 heteroatoms. The first-order valence-corrected chi connectivity index (χ1v) is 12.1. The number of carbonyl (C=O) groups is 1. The van der Waals surface area contributed by atoms with E-state index >= 15 is 0 Å². The second kappa shape index (κ2) is 9.88. The highest BCUT2D eigenvalue weighted by Gasteiger charge is 2.24. The summed E-state index contributed by atoms with van der Waals surface area (Å²) in [5, 5.41) is 3.66. The average Bonchev–Trinajstić information content (AvgIpc) is 3.52. The van der Waals surface area contributed by atoms with E-state index in [2.05, 4.69) is 20.3 Å². The molecule has 4 aromatic heterocycles. The van der Waals surface area contributed by atoms with Gasteiger partial charge in [0, 0.05) is 36.6 Å². The SMILES string of the molecule is CCOC(=O)c1cc(Nc2nc(C)c3cc(F)c(=O)n(C4CCCC4)c3n2)cn1Cc1cccnc1. The summed E-state index contributed by atoms with van der Waals surface area (Å²) < 4.78 is 23.0. The lowest BCUT2D eigenvalue weighted by molar-refractivity contribution is 0.0514. The van der Waals surface area contributed by atoms with E-state index in [1.54, 1.807) is 43.1 Å². The fourth-order valence-corrected chi connectivity index (χ4v) is 4.78. The molecule has 4 heterocycles. The van der Waals surface area contributed by atoms with Crippen molar-refractivity contribution in [3.05, 3.63) is 76.0 Å². The second-order valence-corrected chi connectivity index (χ2v) is 8.92. The van der Waals surface area contributed by atoms with Gasteiger partial charge in [0.2, 0.25) is 5.95 Å². The molecule has 0 amide bonds. The van der Waals surface area contributed by atoms with Gasteiger partial charge >= 0.3 is 5.97 Å². The molecule has 5 rings (SSSR count). The van der Waals surface area contributed by atoms with Crippen molar-refractivity contribution in [2.24, 2.45) is 0 Å². The summed E-state index contributed by atoms with van der Waals surface area (Å²) in [4.78, 5) is 38.6. The van der Waals surface area contributed by atoms with Gasteiger partial charge in [-0.15, -0.1) is 0 Å². The Morgan fingerprint density at radius 2 is 2.06 bits per heavy atom. The van der Waals surface area contributed by atoms with E-state index in [0.29, 0.717) is 34.7 Å². The maximum atomic E-state index is 14.5. The molecule has 9 nitrogen and oxygen atoms in total. The Morgan fingerprint density at radius 3 is 2.78 bits per heavy atom. The van der Waals surface area contributed by atoms with Gasteiger partial charge in [-0.3, -0.25) is 14.3 Å². The highest BCUT2D eigenvalue weighted by Crippen LogP contribution is 2.31. The van der Waals surface area contributed by atoms with E-state index in [-0.39, 0.29) is 18.6 Å². The van der Waals surface area contributed by atoms with Gasteiger partial charge in [-0.2, -0.15) is 4.98 Å². The Kier molecular flexibility index (Phi) is 6.49. The quantitative estimate of drug-likeness (QED) is 0.380. The van der Waals surface area contributed by atoms with E-state index in [0.717, 1.165) is 31.2 Å². The van der Waals surface area contributed by atoms with Crippen LogP contribution in [0.2, 0.25) is 0 Å². The van der Waals surface area contributed by atoms with Gasteiger partial charge in [-0.1, -0.05) is 18.9 Å². The first-order chi connectivity index (χ1) is 17.4.